The number of amides is 1. The molecule has 9 heteroatoms. The average molecular weight is 392 g/mol. The number of rotatable bonds is 6. The van der Waals surface area contributed by atoms with Crippen molar-refractivity contribution in [2.75, 3.05) is 23.0 Å². The van der Waals surface area contributed by atoms with Crippen molar-refractivity contribution in [3.05, 3.63) is 53.5 Å². The van der Waals surface area contributed by atoms with E-state index in [0.717, 1.165) is 0 Å². The topological polar surface area (TPSA) is 92.3 Å². The second-order valence-electron chi connectivity index (χ2n) is 6.39. The van der Waals surface area contributed by atoms with Crippen molar-refractivity contribution in [1.82, 2.24) is 15.5 Å². The number of carbonyl (C=O) groups excluding carboxylic acids is 1. The summed E-state index contributed by atoms with van der Waals surface area (Å²) in [5, 5.41) is 10.6. The number of nitrogens with zero attached hydrogens (tertiary/aromatic N) is 3. The second-order valence-corrected chi connectivity index (χ2v) is 8.62. The predicted molar refractivity (Wildman–Crippen MR) is 99.7 cm³/mol. The first-order chi connectivity index (χ1) is 12.9. The molecule has 0 radical (unpaired) electrons. The van der Waals surface area contributed by atoms with Crippen LogP contribution in [0.4, 0.5) is 10.2 Å². The first kappa shape index (κ1) is 19.2. The fourth-order valence-corrected chi connectivity index (χ4v) is 4.87. The van der Waals surface area contributed by atoms with Gasteiger partial charge in [-0.1, -0.05) is 18.2 Å². The second kappa shape index (κ2) is 7.99. The number of carbonyl (C=O) groups is 1. The molecule has 1 unspecified atom stereocenters. The Balaban J connectivity index is 1.65. The van der Waals surface area contributed by atoms with E-state index in [1.54, 1.807) is 24.3 Å². The third-order valence-electron chi connectivity index (χ3n) is 4.56. The molecule has 1 aromatic heterocycles. The third-order valence-corrected chi connectivity index (χ3v) is 6.31. The Hall–Kier alpha value is -2.55. The summed E-state index contributed by atoms with van der Waals surface area (Å²) < 4.78 is 37.0. The van der Waals surface area contributed by atoms with Crippen LogP contribution in [0.1, 0.15) is 29.4 Å². The van der Waals surface area contributed by atoms with E-state index in [4.69, 9.17) is 0 Å². The van der Waals surface area contributed by atoms with Gasteiger partial charge in [0, 0.05) is 24.7 Å². The van der Waals surface area contributed by atoms with Crippen LogP contribution in [-0.4, -0.2) is 48.6 Å². The number of hydrogen-bond acceptors (Lipinski definition) is 6. The van der Waals surface area contributed by atoms with E-state index in [9.17, 15) is 17.6 Å². The van der Waals surface area contributed by atoms with Crippen molar-refractivity contribution in [3.63, 3.8) is 0 Å². The van der Waals surface area contributed by atoms with Gasteiger partial charge in [0.1, 0.15) is 5.82 Å². The molecule has 1 aliphatic rings. The molecular weight excluding hydrogens is 371 g/mol. The summed E-state index contributed by atoms with van der Waals surface area (Å²) in [5.74, 6) is -0.0238. The molecule has 1 saturated heterocycles. The van der Waals surface area contributed by atoms with Crippen molar-refractivity contribution in [1.29, 1.82) is 0 Å². The van der Waals surface area contributed by atoms with Crippen molar-refractivity contribution >= 4 is 21.6 Å². The van der Waals surface area contributed by atoms with E-state index in [1.807, 2.05) is 11.8 Å². The fraction of sp³-hybridized carbons (Fsp3) is 0.389. The highest BCUT2D eigenvalue weighted by molar-refractivity contribution is 7.91. The van der Waals surface area contributed by atoms with Gasteiger partial charge in [-0.3, -0.25) is 4.79 Å². The van der Waals surface area contributed by atoms with Crippen molar-refractivity contribution in [3.8, 4) is 0 Å². The zero-order valence-electron chi connectivity index (χ0n) is 14.9. The van der Waals surface area contributed by atoms with Crippen LogP contribution in [0.15, 0.2) is 36.4 Å². The number of benzene rings is 1. The molecule has 0 bridgehead atoms. The van der Waals surface area contributed by atoms with Gasteiger partial charge >= 0.3 is 0 Å². The average Bonchev–Trinajstić information content (AvgIpc) is 3.01. The minimum Gasteiger partial charge on any atom is -0.351 e. The molecule has 1 amide bonds. The van der Waals surface area contributed by atoms with E-state index >= 15 is 0 Å². The molecule has 1 atom stereocenters. The molecule has 27 heavy (non-hydrogen) atoms. The van der Waals surface area contributed by atoms with Gasteiger partial charge in [0.15, 0.2) is 21.3 Å². The van der Waals surface area contributed by atoms with E-state index in [2.05, 4.69) is 15.5 Å². The van der Waals surface area contributed by atoms with Gasteiger partial charge in [-0.2, -0.15) is 0 Å². The highest BCUT2D eigenvalue weighted by Gasteiger charge is 2.32. The highest BCUT2D eigenvalue weighted by Crippen LogP contribution is 2.22. The lowest BCUT2D eigenvalue weighted by Gasteiger charge is -2.27. The molecule has 0 saturated carbocycles. The number of sulfone groups is 1. The Morgan fingerprint density at radius 2 is 2.04 bits per heavy atom. The van der Waals surface area contributed by atoms with Crippen molar-refractivity contribution < 1.29 is 17.6 Å². The number of nitrogens with one attached hydrogen (secondary N) is 1. The molecule has 2 aromatic rings. The summed E-state index contributed by atoms with van der Waals surface area (Å²) in [5.41, 5.74) is 0.500. The van der Waals surface area contributed by atoms with Crippen LogP contribution in [0.3, 0.4) is 0 Å². The summed E-state index contributed by atoms with van der Waals surface area (Å²) in [4.78, 5) is 14.1. The van der Waals surface area contributed by atoms with Crippen LogP contribution in [0, 0.1) is 5.82 Å². The number of aromatic nitrogens is 2. The zero-order chi connectivity index (χ0) is 19.4. The molecule has 1 aliphatic heterocycles. The molecule has 2 heterocycles. The molecule has 1 N–H and O–H groups in total. The Morgan fingerprint density at radius 1 is 1.26 bits per heavy atom. The minimum atomic E-state index is -3.00. The SMILES string of the molecule is CCN(c1ccc(C(=O)NCc2ccccc2F)nn1)C1CCS(=O)(=O)C1. The third kappa shape index (κ3) is 4.60. The molecule has 0 spiro atoms. The van der Waals surface area contributed by atoms with E-state index in [1.165, 1.54) is 12.1 Å². The van der Waals surface area contributed by atoms with E-state index in [-0.39, 0.29) is 35.6 Å². The molecule has 3 rings (SSSR count). The Labute approximate surface area is 157 Å². The smallest absolute Gasteiger partial charge is 0.272 e. The maximum Gasteiger partial charge on any atom is 0.272 e. The van der Waals surface area contributed by atoms with Gasteiger partial charge in [0.2, 0.25) is 0 Å². The molecule has 144 valence electrons. The van der Waals surface area contributed by atoms with Gasteiger partial charge < -0.3 is 10.2 Å². The summed E-state index contributed by atoms with van der Waals surface area (Å²) in [7, 11) is -3.00. The van der Waals surface area contributed by atoms with Gasteiger partial charge in [0.05, 0.1) is 11.5 Å². The van der Waals surface area contributed by atoms with Crippen LogP contribution < -0.4 is 10.2 Å². The van der Waals surface area contributed by atoms with Crippen LogP contribution >= 0.6 is 0 Å². The summed E-state index contributed by atoms with van der Waals surface area (Å²) in [6.45, 7) is 2.56. The summed E-state index contributed by atoms with van der Waals surface area (Å²) >= 11 is 0. The molecule has 7 nitrogen and oxygen atoms in total. The van der Waals surface area contributed by atoms with Gasteiger partial charge in [-0.15, -0.1) is 10.2 Å². The van der Waals surface area contributed by atoms with Crippen LogP contribution in [-0.2, 0) is 16.4 Å². The van der Waals surface area contributed by atoms with Crippen molar-refractivity contribution in [2.24, 2.45) is 0 Å². The lowest BCUT2D eigenvalue weighted by atomic mass is 10.2. The first-order valence-electron chi connectivity index (χ1n) is 8.72. The number of hydrogen-bond donors (Lipinski definition) is 1. The Morgan fingerprint density at radius 3 is 2.63 bits per heavy atom. The minimum absolute atomic E-state index is 0.0515. The predicted octanol–water partition coefficient (Wildman–Crippen LogP) is 1.56. The zero-order valence-corrected chi connectivity index (χ0v) is 15.7. The van der Waals surface area contributed by atoms with Gasteiger partial charge in [0.25, 0.3) is 5.91 Å². The lowest BCUT2D eigenvalue weighted by Crippen LogP contribution is -2.37. The maximum absolute atomic E-state index is 13.6. The van der Waals surface area contributed by atoms with Gasteiger partial charge in [-0.25, -0.2) is 12.8 Å². The standard InChI is InChI=1S/C18H21FN4O3S/c1-2-23(14-9-10-27(25,26)12-14)17-8-7-16(21-22-17)18(24)20-11-13-5-3-4-6-15(13)19/h3-8,14H,2,9-12H2,1H3,(H,20,24). The van der Waals surface area contributed by atoms with E-state index in [0.29, 0.717) is 24.3 Å². The normalized spacial score (nSPS) is 18.2. The quantitative estimate of drug-likeness (QED) is 0.802. The van der Waals surface area contributed by atoms with Gasteiger partial charge in [-0.05, 0) is 31.5 Å². The number of halogens is 1. The van der Waals surface area contributed by atoms with Crippen LogP contribution in [0.25, 0.3) is 0 Å². The van der Waals surface area contributed by atoms with Crippen molar-refractivity contribution in [2.45, 2.75) is 25.9 Å². The largest absolute Gasteiger partial charge is 0.351 e. The number of anilines is 1. The molecule has 0 aliphatic carbocycles. The Kier molecular flexibility index (Phi) is 5.69. The first-order valence-corrected chi connectivity index (χ1v) is 10.5. The van der Waals surface area contributed by atoms with Crippen LogP contribution in [0.2, 0.25) is 0 Å². The summed E-state index contributed by atoms with van der Waals surface area (Å²) in [6.07, 6.45) is 0.558. The summed E-state index contributed by atoms with van der Waals surface area (Å²) in [6, 6.07) is 9.26. The lowest BCUT2D eigenvalue weighted by molar-refractivity contribution is 0.0944. The monoisotopic (exact) mass is 392 g/mol. The molecule has 1 aromatic carbocycles. The Bertz CT molecular complexity index is 918. The fourth-order valence-electron chi connectivity index (χ4n) is 3.14. The van der Waals surface area contributed by atoms with Crippen LogP contribution in [0.5, 0.6) is 0 Å². The maximum atomic E-state index is 13.6. The molecule has 1 fully saturated rings. The molecular formula is C18H21FN4O3S. The highest BCUT2D eigenvalue weighted by atomic mass is 32.2. The van der Waals surface area contributed by atoms with E-state index < -0.39 is 15.7 Å².